The molecule has 180 valence electrons. The topological polar surface area (TPSA) is 120 Å². The van der Waals surface area contributed by atoms with Crippen LogP contribution in [0.4, 0.5) is 4.79 Å². The zero-order chi connectivity index (χ0) is 24.7. The second-order valence-electron chi connectivity index (χ2n) is 7.62. The second-order valence-corrected chi connectivity index (χ2v) is 7.62. The van der Waals surface area contributed by atoms with E-state index in [0.717, 1.165) is 10.8 Å². The molecule has 9 heteroatoms. The fourth-order valence-electron chi connectivity index (χ4n) is 3.63. The van der Waals surface area contributed by atoms with Crippen LogP contribution in [-0.2, 0) is 23.9 Å². The van der Waals surface area contributed by atoms with Crippen molar-refractivity contribution in [1.82, 2.24) is 10.4 Å². The van der Waals surface area contributed by atoms with Crippen molar-refractivity contribution in [2.24, 2.45) is 5.73 Å². The lowest BCUT2D eigenvalue weighted by molar-refractivity contribution is -0.150. The molecule has 9 nitrogen and oxygen atoms in total. The molecule has 1 heterocycles. The van der Waals surface area contributed by atoms with Crippen LogP contribution in [0.15, 0.2) is 60.0 Å². The number of nitrogens with two attached hydrogens (primary N) is 1. The van der Waals surface area contributed by atoms with Crippen LogP contribution in [0.2, 0.25) is 0 Å². The summed E-state index contributed by atoms with van der Waals surface area (Å²) in [7, 11) is 1.39. The predicted molar refractivity (Wildman–Crippen MR) is 127 cm³/mol. The highest BCUT2D eigenvalue weighted by Crippen LogP contribution is 2.34. The minimum absolute atomic E-state index is 0.0167. The molecule has 0 saturated carbocycles. The summed E-state index contributed by atoms with van der Waals surface area (Å²) in [5.41, 5.74) is 6.75. The molecule has 0 unspecified atom stereocenters. The average Bonchev–Trinajstić information content (AvgIpc) is 2.86. The van der Waals surface area contributed by atoms with Crippen LogP contribution in [0, 0.1) is 0 Å². The number of amides is 2. The fraction of sp³-hybridized carbons (Fsp3) is 0.320. The number of carbonyl (C=O) groups is 3. The van der Waals surface area contributed by atoms with Crippen molar-refractivity contribution < 1.29 is 28.7 Å². The summed E-state index contributed by atoms with van der Waals surface area (Å²) in [6.07, 6.45) is 1.80. The molecule has 34 heavy (non-hydrogen) atoms. The molecule has 0 saturated heterocycles. The van der Waals surface area contributed by atoms with Gasteiger partial charge in [0.05, 0.1) is 25.8 Å². The Bertz CT molecular complexity index is 1130. The van der Waals surface area contributed by atoms with Gasteiger partial charge in [-0.05, 0) is 35.3 Å². The van der Waals surface area contributed by atoms with Gasteiger partial charge >= 0.3 is 12.1 Å². The van der Waals surface area contributed by atoms with E-state index in [4.69, 9.17) is 20.0 Å². The highest BCUT2D eigenvalue weighted by atomic mass is 16.7. The van der Waals surface area contributed by atoms with E-state index < -0.39 is 18.0 Å². The Morgan fingerprint density at radius 3 is 2.47 bits per heavy atom. The smallest absolute Gasteiger partial charge is 0.420 e. The van der Waals surface area contributed by atoms with Gasteiger partial charge in [-0.25, -0.2) is 14.7 Å². The minimum Gasteiger partial charge on any atom is -0.459 e. The normalized spacial score (nSPS) is 13.7. The summed E-state index contributed by atoms with van der Waals surface area (Å²) in [4.78, 5) is 42.4. The molecule has 0 fully saturated rings. The Hall–Kier alpha value is -3.69. The second kappa shape index (κ2) is 11.4. The van der Waals surface area contributed by atoms with Crippen LogP contribution in [0.1, 0.15) is 32.3 Å². The molecule has 2 aromatic rings. The van der Waals surface area contributed by atoms with Crippen LogP contribution in [0.25, 0.3) is 16.3 Å². The van der Waals surface area contributed by atoms with Crippen molar-refractivity contribution in [2.75, 3.05) is 20.2 Å². The summed E-state index contributed by atoms with van der Waals surface area (Å²) in [5.74, 6) is -1.14. The molecular weight excluding hydrogens is 438 g/mol. The van der Waals surface area contributed by atoms with Crippen LogP contribution < -0.4 is 11.1 Å². The molecule has 0 bridgehead atoms. The van der Waals surface area contributed by atoms with Gasteiger partial charge in [0.25, 0.3) is 0 Å². The monoisotopic (exact) mass is 467 g/mol. The number of imide groups is 1. The lowest BCUT2D eigenvalue weighted by atomic mass is 9.95. The maximum Gasteiger partial charge on any atom is 0.420 e. The summed E-state index contributed by atoms with van der Waals surface area (Å²) < 4.78 is 11.1. The van der Waals surface area contributed by atoms with Crippen molar-refractivity contribution in [3.8, 4) is 0 Å². The van der Waals surface area contributed by atoms with E-state index in [9.17, 15) is 14.4 Å². The van der Waals surface area contributed by atoms with E-state index in [-0.39, 0.29) is 25.1 Å². The Morgan fingerprint density at radius 2 is 1.79 bits per heavy atom. The number of nitrogens with one attached hydrogen (secondary N) is 1. The highest BCUT2D eigenvalue weighted by Gasteiger charge is 2.31. The van der Waals surface area contributed by atoms with Crippen molar-refractivity contribution >= 4 is 34.3 Å². The lowest BCUT2D eigenvalue weighted by Crippen LogP contribution is -2.39. The van der Waals surface area contributed by atoms with Crippen molar-refractivity contribution in [2.45, 2.75) is 32.8 Å². The Morgan fingerprint density at radius 1 is 1.09 bits per heavy atom. The molecule has 0 radical (unpaired) electrons. The van der Waals surface area contributed by atoms with E-state index in [1.807, 2.05) is 56.3 Å². The first-order valence-corrected chi connectivity index (χ1v) is 11.1. The van der Waals surface area contributed by atoms with E-state index in [1.165, 1.54) is 12.2 Å². The maximum atomic E-state index is 13.0. The van der Waals surface area contributed by atoms with Crippen LogP contribution in [0.5, 0.6) is 0 Å². The zero-order valence-electron chi connectivity index (χ0n) is 19.5. The number of hydrogen-bond donors (Lipinski definition) is 2. The van der Waals surface area contributed by atoms with Crippen LogP contribution in [-0.4, -0.2) is 49.3 Å². The van der Waals surface area contributed by atoms with E-state index in [0.29, 0.717) is 29.6 Å². The Labute approximate surface area is 198 Å². The quantitative estimate of drug-likeness (QED) is 0.568. The lowest BCUT2D eigenvalue weighted by Gasteiger charge is -2.30. The number of nitrogens with zero attached hydrogens (tertiary/aromatic N) is 1. The molecule has 3 N–H and O–H groups in total. The van der Waals surface area contributed by atoms with Crippen LogP contribution in [0.3, 0.4) is 0 Å². The van der Waals surface area contributed by atoms with Gasteiger partial charge in [-0.2, -0.15) is 0 Å². The first-order chi connectivity index (χ1) is 16.4. The number of hydroxylamine groups is 2. The average molecular weight is 468 g/mol. The van der Waals surface area contributed by atoms with Crippen molar-refractivity contribution in [3.63, 3.8) is 0 Å². The van der Waals surface area contributed by atoms with E-state index in [1.54, 1.807) is 6.08 Å². The Balaban J connectivity index is 2.13. The van der Waals surface area contributed by atoms with Gasteiger partial charge in [0.15, 0.2) is 0 Å². The highest BCUT2D eigenvalue weighted by molar-refractivity contribution is 6.01. The van der Waals surface area contributed by atoms with Crippen LogP contribution >= 0.6 is 0 Å². The Kier molecular flexibility index (Phi) is 8.39. The zero-order valence-corrected chi connectivity index (χ0v) is 19.5. The largest absolute Gasteiger partial charge is 0.459 e. The van der Waals surface area contributed by atoms with Gasteiger partial charge in [-0.1, -0.05) is 56.3 Å². The molecule has 2 amide bonds. The molecule has 0 spiro atoms. The molecule has 0 aromatic heterocycles. The number of ether oxygens (including phenoxy) is 2. The third-order valence-electron chi connectivity index (χ3n) is 5.45. The molecular formula is C25H29N3O6. The summed E-state index contributed by atoms with van der Waals surface area (Å²) in [6.45, 7) is 3.51. The third kappa shape index (κ3) is 5.62. The summed E-state index contributed by atoms with van der Waals surface area (Å²) >= 11 is 0. The SMILES string of the molecule is CCC(CC)OC(=O)C1=CC(c2cccc3ccccc23)=C(OC(=O)NC(=O)CN)N(OC)C1. The van der Waals surface area contributed by atoms with Gasteiger partial charge < -0.3 is 15.2 Å². The summed E-state index contributed by atoms with van der Waals surface area (Å²) in [6, 6.07) is 13.4. The first-order valence-electron chi connectivity index (χ1n) is 11.1. The number of benzene rings is 2. The number of alkyl carbamates (subject to hydrolysis) is 1. The number of rotatable bonds is 8. The minimum atomic E-state index is -1.01. The van der Waals surface area contributed by atoms with Gasteiger partial charge in [0.1, 0.15) is 6.10 Å². The number of allylic oxidation sites excluding steroid dienone is 2. The predicted octanol–water partition coefficient (Wildman–Crippen LogP) is 3.26. The van der Waals surface area contributed by atoms with Gasteiger partial charge in [0, 0.05) is 5.57 Å². The summed E-state index contributed by atoms with van der Waals surface area (Å²) in [5, 5.41) is 5.16. The standard InChI is InChI=1S/C25H29N3O6/c1-4-18(5-2)33-24(30)17-13-21(20-12-8-10-16-9-6-7-11-19(16)20)23(28(15-17)32-3)34-25(31)27-22(29)14-26/h6-13,18H,4-5,14-15,26H2,1-3H3,(H,27,29,31). The first kappa shape index (κ1) is 24.9. The molecule has 1 aliphatic rings. The molecule has 0 aliphatic carbocycles. The van der Waals surface area contributed by atoms with Crippen molar-refractivity contribution in [1.29, 1.82) is 0 Å². The van der Waals surface area contributed by atoms with Gasteiger partial charge in [0.2, 0.25) is 11.8 Å². The van der Waals surface area contributed by atoms with E-state index in [2.05, 4.69) is 5.32 Å². The number of fused-ring (bicyclic) bond motifs is 1. The number of carbonyl (C=O) groups excluding carboxylic acids is 3. The third-order valence-corrected chi connectivity index (χ3v) is 5.45. The molecule has 0 atom stereocenters. The fourth-order valence-corrected chi connectivity index (χ4v) is 3.63. The van der Waals surface area contributed by atoms with E-state index >= 15 is 0 Å². The van der Waals surface area contributed by atoms with Gasteiger partial charge in [-0.3, -0.25) is 14.9 Å². The number of hydrogen-bond acceptors (Lipinski definition) is 8. The molecule has 1 aliphatic heterocycles. The molecule has 2 aromatic carbocycles. The maximum absolute atomic E-state index is 13.0. The number of esters is 1. The van der Waals surface area contributed by atoms with Gasteiger partial charge in [-0.15, -0.1) is 0 Å². The molecule has 3 rings (SSSR count). The van der Waals surface area contributed by atoms with Crippen molar-refractivity contribution in [3.05, 3.63) is 65.6 Å².